The number of aryl methyl sites for hydroxylation is 2. The van der Waals surface area contributed by atoms with Gasteiger partial charge in [-0.3, -0.25) is 14.4 Å². The van der Waals surface area contributed by atoms with Gasteiger partial charge in [-0.2, -0.15) is 0 Å². The Balaban J connectivity index is 1.81. The fourth-order valence-electron chi connectivity index (χ4n) is 6.95. The van der Waals surface area contributed by atoms with Crippen LogP contribution in [0.15, 0.2) is 43.5 Å². The number of thioether (sulfide) groups is 1. The maximum absolute atomic E-state index is 14.6. The van der Waals surface area contributed by atoms with Crippen molar-refractivity contribution in [1.82, 2.24) is 9.80 Å². The van der Waals surface area contributed by atoms with E-state index >= 15 is 0 Å². The molecule has 3 fully saturated rings. The van der Waals surface area contributed by atoms with Crippen LogP contribution < -0.4 is 4.90 Å². The standard InChI is InChI=1S/C30H41N3O4S/c1-7-12-31(13-8-2)27(35)24-23-18-21(6)30(38-23)25(24)28(36)33(15-16-34)26(30)29(37)32(14-9-3)22-17-19(4)10-11-20(22)5/h7,9-11,17,21,23-26,34H,1,3,8,12-16,18H2,2,4-6H3/t21?,23-,24+,25-,26?,30?/m0/s1. The minimum Gasteiger partial charge on any atom is -0.395 e. The summed E-state index contributed by atoms with van der Waals surface area (Å²) in [6.07, 6.45) is 5.02. The molecule has 8 heteroatoms. The van der Waals surface area contributed by atoms with E-state index in [0.29, 0.717) is 19.6 Å². The van der Waals surface area contributed by atoms with E-state index in [1.54, 1.807) is 38.6 Å². The van der Waals surface area contributed by atoms with Gasteiger partial charge < -0.3 is 19.8 Å². The quantitative estimate of drug-likeness (QED) is 0.435. The van der Waals surface area contributed by atoms with E-state index in [1.165, 1.54) is 0 Å². The van der Waals surface area contributed by atoms with E-state index in [0.717, 1.165) is 29.7 Å². The van der Waals surface area contributed by atoms with Crippen molar-refractivity contribution in [2.75, 3.05) is 37.7 Å². The third-order valence-electron chi connectivity index (χ3n) is 8.49. The topological polar surface area (TPSA) is 81.2 Å². The number of fused-ring (bicyclic) bond motifs is 1. The van der Waals surface area contributed by atoms with Crippen LogP contribution in [0.5, 0.6) is 0 Å². The molecule has 0 radical (unpaired) electrons. The summed E-state index contributed by atoms with van der Waals surface area (Å²) >= 11 is 1.66. The van der Waals surface area contributed by atoms with Crippen LogP contribution in [0.3, 0.4) is 0 Å². The van der Waals surface area contributed by atoms with Crippen molar-refractivity contribution in [3.05, 3.63) is 54.6 Å². The minimum absolute atomic E-state index is 0.0178. The number of carbonyl (C=O) groups excluding carboxylic acids is 3. The van der Waals surface area contributed by atoms with Gasteiger partial charge in [0, 0.05) is 37.1 Å². The maximum Gasteiger partial charge on any atom is 0.251 e. The van der Waals surface area contributed by atoms with Crippen LogP contribution in [0.1, 0.15) is 37.8 Å². The van der Waals surface area contributed by atoms with E-state index in [9.17, 15) is 19.5 Å². The summed E-state index contributed by atoms with van der Waals surface area (Å²) in [4.78, 5) is 47.8. The van der Waals surface area contributed by atoms with Crippen molar-refractivity contribution in [2.24, 2.45) is 17.8 Å². The summed E-state index contributed by atoms with van der Waals surface area (Å²) in [7, 11) is 0. The van der Waals surface area contributed by atoms with Crippen LogP contribution in [0.2, 0.25) is 0 Å². The number of rotatable bonds is 11. The predicted octanol–water partition coefficient (Wildman–Crippen LogP) is 3.58. The Bertz CT molecular complexity index is 1120. The van der Waals surface area contributed by atoms with Crippen LogP contribution in [0, 0.1) is 31.6 Å². The third kappa shape index (κ3) is 4.39. The molecular formula is C30H41N3O4S. The number of carbonyl (C=O) groups is 3. The zero-order valence-corrected chi connectivity index (χ0v) is 23.9. The lowest BCUT2D eigenvalue weighted by Gasteiger charge is -2.41. The van der Waals surface area contributed by atoms with Gasteiger partial charge in [0.2, 0.25) is 11.8 Å². The van der Waals surface area contributed by atoms with E-state index in [4.69, 9.17) is 0 Å². The molecule has 38 heavy (non-hydrogen) atoms. The molecule has 3 aliphatic rings. The average Bonchev–Trinajstić information content (AvgIpc) is 3.47. The number of anilines is 1. The first-order valence-electron chi connectivity index (χ1n) is 13.7. The largest absolute Gasteiger partial charge is 0.395 e. The molecule has 1 aromatic carbocycles. The highest BCUT2D eigenvalue weighted by molar-refractivity contribution is 8.02. The summed E-state index contributed by atoms with van der Waals surface area (Å²) in [5, 5.41) is 9.94. The Morgan fingerprint density at radius 3 is 2.55 bits per heavy atom. The van der Waals surface area contributed by atoms with E-state index in [2.05, 4.69) is 20.1 Å². The zero-order chi connectivity index (χ0) is 27.8. The highest BCUT2D eigenvalue weighted by Gasteiger charge is 2.76. The molecule has 3 saturated heterocycles. The third-order valence-corrected chi connectivity index (χ3v) is 10.6. The summed E-state index contributed by atoms with van der Waals surface area (Å²) in [5.41, 5.74) is 2.79. The Kier molecular flexibility index (Phi) is 8.43. The fourth-order valence-corrected chi connectivity index (χ4v) is 9.36. The zero-order valence-electron chi connectivity index (χ0n) is 23.1. The summed E-state index contributed by atoms with van der Waals surface area (Å²) < 4.78 is -0.725. The summed E-state index contributed by atoms with van der Waals surface area (Å²) in [5.74, 6) is -1.40. The summed E-state index contributed by atoms with van der Waals surface area (Å²) in [6.45, 7) is 17.0. The number of hydrogen-bond acceptors (Lipinski definition) is 5. The van der Waals surface area contributed by atoms with E-state index in [1.807, 2.05) is 39.0 Å². The molecule has 0 saturated carbocycles. The highest BCUT2D eigenvalue weighted by atomic mass is 32.2. The van der Waals surface area contributed by atoms with Crippen LogP contribution in [0.25, 0.3) is 0 Å². The molecule has 3 unspecified atom stereocenters. The number of nitrogens with zero attached hydrogens (tertiary/aromatic N) is 3. The number of likely N-dealkylation sites (tertiary alicyclic amines) is 1. The van der Waals surface area contributed by atoms with Crippen LogP contribution in [0.4, 0.5) is 5.69 Å². The molecular weight excluding hydrogens is 498 g/mol. The molecule has 6 atom stereocenters. The Labute approximate surface area is 230 Å². The van der Waals surface area contributed by atoms with Crippen molar-refractivity contribution in [3.63, 3.8) is 0 Å². The van der Waals surface area contributed by atoms with Gasteiger partial charge in [0.1, 0.15) is 6.04 Å². The van der Waals surface area contributed by atoms with Crippen molar-refractivity contribution in [2.45, 2.75) is 56.6 Å². The van der Waals surface area contributed by atoms with Gasteiger partial charge in [0.15, 0.2) is 0 Å². The van der Waals surface area contributed by atoms with Gasteiger partial charge in [0.05, 0.1) is 23.2 Å². The second-order valence-corrected chi connectivity index (χ2v) is 12.5. The molecule has 1 spiro atoms. The van der Waals surface area contributed by atoms with Crippen molar-refractivity contribution >= 4 is 35.2 Å². The SMILES string of the molecule is C=CCN(CCC)C(=O)[C@@H]1[C@@H]2CC(C)C3(S2)C(C(=O)N(CC=C)c2cc(C)ccc2C)N(CCO)C(=O)[C@H]13. The molecule has 4 rings (SSSR count). The second-order valence-electron chi connectivity index (χ2n) is 10.9. The fraction of sp³-hybridized carbons (Fsp3) is 0.567. The normalized spacial score (nSPS) is 29.3. The lowest BCUT2D eigenvalue weighted by molar-refractivity contribution is -0.144. The van der Waals surface area contributed by atoms with Crippen molar-refractivity contribution in [3.8, 4) is 0 Å². The minimum atomic E-state index is -0.770. The first-order valence-corrected chi connectivity index (χ1v) is 14.5. The van der Waals surface area contributed by atoms with Crippen molar-refractivity contribution in [1.29, 1.82) is 0 Å². The van der Waals surface area contributed by atoms with Gasteiger partial charge in [0.25, 0.3) is 5.91 Å². The Morgan fingerprint density at radius 1 is 1.21 bits per heavy atom. The molecule has 0 aliphatic carbocycles. The number of aliphatic hydroxyl groups is 1. The van der Waals surface area contributed by atoms with Crippen LogP contribution in [-0.2, 0) is 14.4 Å². The summed E-state index contributed by atoms with van der Waals surface area (Å²) in [6, 6.07) is 5.23. The molecule has 206 valence electrons. The molecule has 3 amide bonds. The monoisotopic (exact) mass is 539 g/mol. The van der Waals surface area contributed by atoms with E-state index in [-0.39, 0.29) is 42.0 Å². The molecule has 2 bridgehead atoms. The first kappa shape index (κ1) is 28.4. The highest BCUT2D eigenvalue weighted by Crippen LogP contribution is 2.68. The van der Waals surface area contributed by atoms with Gasteiger partial charge >= 0.3 is 0 Å². The van der Waals surface area contributed by atoms with E-state index < -0.39 is 22.6 Å². The van der Waals surface area contributed by atoms with Gasteiger partial charge in [-0.05, 0) is 49.8 Å². The second kappa shape index (κ2) is 11.3. The predicted molar refractivity (Wildman–Crippen MR) is 153 cm³/mol. The molecule has 1 N–H and O–H groups in total. The molecule has 1 aromatic rings. The van der Waals surface area contributed by atoms with Crippen LogP contribution >= 0.6 is 11.8 Å². The number of hydrogen-bond donors (Lipinski definition) is 1. The van der Waals surface area contributed by atoms with Gasteiger partial charge in [-0.15, -0.1) is 24.9 Å². The lowest BCUT2D eigenvalue weighted by atomic mass is 9.65. The van der Waals surface area contributed by atoms with Gasteiger partial charge in [-0.1, -0.05) is 38.1 Å². The van der Waals surface area contributed by atoms with Crippen LogP contribution in [-0.4, -0.2) is 81.5 Å². The molecule has 3 aliphatic heterocycles. The molecule has 3 heterocycles. The van der Waals surface area contributed by atoms with Crippen molar-refractivity contribution < 1.29 is 19.5 Å². The molecule has 7 nitrogen and oxygen atoms in total. The maximum atomic E-state index is 14.6. The number of benzene rings is 1. The number of β-amino-alcohol motifs (C(OH)–C–C–N with tert-alkyl or cyclic N) is 1. The first-order chi connectivity index (χ1) is 18.2. The number of amides is 3. The molecule has 0 aromatic heterocycles. The van der Waals surface area contributed by atoms with Gasteiger partial charge in [-0.25, -0.2) is 0 Å². The average molecular weight is 540 g/mol. The lowest BCUT2D eigenvalue weighted by Crippen LogP contribution is -2.58. The Morgan fingerprint density at radius 2 is 1.92 bits per heavy atom. The smallest absolute Gasteiger partial charge is 0.251 e. The number of aliphatic hydroxyl groups excluding tert-OH is 1. The Hall–Kier alpha value is -2.58.